The number of carbonyl (C=O) groups excluding carboxylic acids is 1. The van der Waals surface area contributed by atoms with Crippen molar-refractivity contribution in [3.8, 4) is 5.75 Å². The molecule has 0 amide bonds. The van der Waals surface area contributed by atoms with Crippen LogP contribution in [0.25, 0.3) is 0 Å². The number of para-hydroxylation sites is 1. The van der Waals surface area contributed by atoms with Crippen LogP contribution in [-0.4, -0.2) is 26.0 Å². The third kappa shape index (κ3) is 3.30. The van der Waals surface area contributed by atoms with Gasteiger partial charge in [-0.15, -0.1) is 0 Å². The molecule has 0 aliphatic heterocycles. The van der Waals surface area contributed by atoms with Gasteiger partial charge in [0.15, 0.2) is 5.78 Å². The number of halogens is 1. The summed E-state index contributed by atoms with van der Waals surface area (Å²) >= 11 is 3.44. The number of ketones is 1. The monoisotopic (exact) mass is 297 g/mol. The number of likely N-dealkylation sites (N-methyl/N-ethyl adjacent to an activating group) is 1. The van der Waals surface area contributed by atoms with E-state index in [4.69, 9.17) is 4.74 Å². The molecule has 0 spiro atoms. The Morgan fingerprint density at radius 3 is 2.94 bits per heavy atom. The fourth-order valence-electron chi connectivity index (χ4n) is 1.62. The van der Waals surface area contributed by atoms with Crippen LogP contribution in [-0.2, 0) is 0 Å². The fourth-order valence-corrected chi connectivity index (χ4v) is 2.10. The van der Waals surface area contributed by atoms with Crippen LogP contribution in [0.1, 0.15) is 23.2 Å². The molecule has 3 nitrogen and oxygen atoms in total. The molecule has 92 valence electrons. The first kappa shape index (κ1) is 12.6. The van der Waals surface area contributed by atoms with Crippen molar-refractivity contribution in [1.29, 1.82) is 0 Å². The second-order valence-electron chi connectivity index (χ2n) is 4.32. The highest BCUT2D eigenvalue weighted by Gasteiger charge is 2.23. The number of ether oxygens (including phenoxy) is 1. The molecule has 4 heteroatoms. The summed E-state index contributed by atoms with van der Waals surface area (Å²) in [7, 11) is 1.76. The molecule has 1 saturated carbocycles. The van der Waals surface area contributed by atoms with Gasteiger partial charge in [0.2, 0.25) is 0 Å². The van der Waals surface area contributed by atoms with Crippen LogP contribution in [0.5, 0.6) is 5.75 Å². The van der Waals surface area contributed by atoms with E-state index in [0.717, 1.165) is 4.47 Å². The maximum absolute atomic E-state index is 11.9. The minimum atomic E-state index is 0.0552. The summed E-state index contributed by atoms with van der Waals surface area (Å²) < 4.78 is 6.61. The van der Waals surface area contributed by atoms with Gasteiger partial charge in [-0.1, -0.05) is 6.07 Å². The van der Waals surface area contributed by atoms with Gasteiger partial charge in [0.25, 0.3) is 0 Å². The normalized spacial score (nSPS) is 14.7. The topological polar surface area (TPSA) is 38.3 Å². The Kier molecular flexibility index (Phi) is 4.18. The highest BCUT2D eigenvalue weighted by atomic mass is 79.9. The molecule has 0 saturated heterocycles. The summed E-state index contributed by atoms with van der Waals surface area (Å²) in [4.78, 5) is 11.9. The van der Waals surface area contributed by atoms with Crippen molar-refractivity contribution in [3.05, 3.63) is 28.2 Å². The van der Waals surface area contributed by atoms with E-state index < -0.39 is 0 Å². The first-order valence-electron chi connectivity index (χ1n) is 5.81. The lowest BCUT2D eigenvalue weighted by molar-refractivity contribution is 0.0989. The predicted octanol–water partition coefficient (Wildman–Crippen LogP) is 2.64. The summed E-state index contributed by atoms with van der Waals surface area (Å²) in [5, 5.41) is 2.87. The Morgan fingerprint density at radius 1 is 1.53 bits per heavy atom. The molecule has 0 radical (unpaired) electrons. The van der Waals surface area contributed by atoms with E-state index in [1.807, 2.05) is 18.2 Å². The molecule has 1 fully saturated rings. The SMILES string of the molecule is CNCC(=O)c1cccc(Br)c1OCC1CC1. The molecule has 1 aliphatic rings. The first-order valence-corrected chi connectivity index (χ1v) is 6.60. The van der Waals surface area contributed by atoms with Gasteiger partial charge in [-0.25, -0.2) is 0 Å². The van der Waals surface area contributed by atoms with Crippen LogP contribution < -0.4 is 10.1 Å². The van der Waals surface area contributed by atoms with Crippen LogP contribution in [0.15, 0.2) is 22.7 Å². The number of carbonyl (C=O) groups is 1. The lowest BCUT2D eigenvalue weighted by Crippen LogP contribution is -2.19. The number of nitrogens with one attached hydrogen (secondary N) is 1. The summed E-state index contributed by atoms with van der Waals surface area (Å²) in [6.07, 6.45) is 2.48. The fraction of sp³-hybridized carbons (Fsp3) is 0.462. The number of hydrogen-bond donors (Lipinski definition) is 1. The molecule has 1 aromatic rings. The second kappa shape index (κ2) is 5.65. The van der Waals surface area contributed by atoms with Crippen molar-refractivity contribution < 1.29 is 9.53 Å². The molecule has 0 bridgehead atoms. The van der Waals surface area contributed by atoms with Gasteiger partial charge in [-0.2, -0.15) is 0 Å². The quantitative estimate of drug-likeness (QED) is 0.821. The zero-order chi connectivity index (χ0) is 12.3. The van der Waals surface area contributed by atoms with E-state index >= 15 is 0 Å². The van der Waals surface area contributed by atoms with Crippen molar-refractivity contribution in [2.45, 2.75) is 12.8 Å². The predicted molar refractivity (Wildman–Crippen MR) is 70.6 cm³/mol. The lowest BCUT2D eigenvalue weighted by atomic mass is 10.1. The smallest absolute Gasteiger partial charge is 0.180 e. The first-order chi connectivity index (χ1) is 8.22. The van der Waals surface area contributed by atoms with Gasteiger partial charge in [-0.3, -0.25) is 4.79 Å². The molecule has 0 aromatic heterocycles. The van der Waals surface area contributed by atoms with Crippen LogP contribution in [0.2, 0.25) is 0 Å². The molecule has 1 aromatic carbocycles. The summed E-state index contributed by atoms with van der Waals surface area (Å²) in [5.41, 5.74) is 0.648. The van der Waals surface area contributed by atoms with Crippen LogP contribution in [0, 0.1) is 5.92 Å². The lowest BCUT2D eigenvalue weighted by Gasteiger charge is -2.12. The van der Waals surface area contributed by atoms with Crippen molar-refractivity contribution in [1.82, 2.24) is 5.32 Å². The molecule has 0 heterocycles. The number of hydrogen-bond acceptors (Lipinski definition) is 3. The molecular weight excluding hydrogens is 282 g/mol. The average molecular weight is 298 g/mol. The standard InChI is InChI=1S/C13H16BrNO2/c1-15-7-12(16)10-3-2-4-11(14)13(10)17-8-9-5-6-9/h2-4,9,15H,5-8H2,1H3. The van der Waals surface area contributed by atoms with Gasteiger partial charge >= 0.3 is 0 Å². The van der Waals surface area contributed by atoms with E-state index in [0.29, 0.717) is 30.4 Å². The summed E-state index contributed by atoms with van der Waals surface area (Å²) in [6, 6.07) is 5.57. The molecule has 17 heavy (non-hydrogen) atoms. The third-order valence-electron chi connectivity index (χ3n) is 2.77. The van der Waals surface area contributed by atoms with E-state index in [9.17, 15) is 4.79 Å². The van der Waals surface area contributed by atoms with Crippen molar-refractivity contribution in [2.75, 3.05) is 20.2 Å². The average Bonchev–Trinajstić information content (AvgIpc) is 3.11. The Hall–Kier alpha value is -0.870. The van der Waals surface area contributed by atoms with E-state index in [-0.39, 0.29) is 5.78 Å². The van der Waals surface area contributed by atoms with Gasteiger partial charge in [0.1, 0.15) is 5.75 Å². The van der Waals surface area contributed by atoms with Crippen molar-refractivity contribution in [3.63, 3.8) is 0 Å². The molecule has 1 aliphatic carbocycles. The Bertz CT molecular complexity index is 416. The Balaban J connectivity index is 2.16. The maximum atomic E-state index is 11.9. The summed E-state index contributed by atoms with van der Waals surface area (Å²) in [6.45, 7) is 1.04. The van der Waals surface area contributed by atoms with Gasteiger partial charge < -0.3 is 10.1 Å². The molecule has 0 atom stereocenters. The second-order valence-corrected chi connectivity index (χ2v) is 5.18. The maximum Gasteiger partial charge on any atom is 0.180 e. The highest BCUT2D eigenvalue weighted by molar-refractivity contribution is 9.10. The summed E-state index contributed by atoms with van der Waals surface area (Å²) in [5.74, 6) is 1.41. The van der Waals surface area contributed by atoms with Crippen LogP contribution in [0.3, 0.4) is 0 Å². The van der Waals surface area contributed by atoms with Gasteiger partial charge in [0.05, 0.1) is 23.2 Å². The minimum Gasteiger partial charge on any atom is -0.491 e. The van der Waals surface area contributed by atoms with Gasteiger partial charge in [-0.05, 0) is 53.9 Å². The minimum absolute atomic E-state index is 0.0552. The van der Waals surface area contributed by atoms with Crippen molar-refractivity contribution >= 4 is 21.7 Å². The zero-order valence-electron chi connectivity index (χ0n) is 9.83. The Morgan fingerprint density at radius 2 is 2.29 bits per heavy atom. The van der Waals surface area contributed by atoms with E-state index in [1.54, 1.807) is 7.05 Å². The van der Waals surface area contributed by atoms with E-state index in [2.05, 4.69) is 21.2 Å². The highest BCUT2D eigenvalue weighted by Crippen LogP contribution is 2.33. The van der Waals surface area contributed by atoms with Gasteiger partial charge in [0, 0.05) is 0 Å². The molecule has 0 unspecified atom stereocenters. The molecule has 1 N–H and O–H groups in total. The third-order valence-corrected chi connectivity index (χ3v) is 3.39. The van der Waals surface area contributed by atoms with E-state index in [1.165, 1.54) is 12.8 Å². The molecule has 2 rings (SSSR count). The largest absolute Gasteiger partial charge is 0.491 e. The van der Waals surface area contributed by atoms with Crippen LogP contribution >= 0.6 is 15.9 Å². The zero-order valence-corrected chi connectivity index (χ0v) is 11.4. The molecular formula is C13H16BrNO2. The number of rotatable bonds is 6. The van der Waals surface area contributed by atoms with Crippen LogP contribution in [0.4, 0.5) is 0 Å². The Labute approximate surface area is 110 Å². The number of benzene rings is 1. The number of Topliss-reactive ketones (excluding diaryl/α,β-unsaturated/α-hetero) is 1. The van der Waals surface area contributed by atoms with Crippen molar-refractivity contribution in [2.24, 2.45) is 5.92 Å².